The van der Waals surface area contributed by atoms with Crippen LogP contribution in [0.3, 0.4) is 0 Å². The Kier molecular flexibility index (Phi) is 4.40. The standard InChI is InChI=1S/C15H22N2O2/c1-11(2)12-4-3-8-17(9-6-12)15(19)13-5-7-16-14(18)10-13/h5,7,10-12H,3-4,6,8-9H2,1-2H3,(H,16,18). The molecule has 1 unspecified atom stereocenters. The summed E-state index contributed by atoms with van der Waals surface area (Å²) in [4.78, 5) is 28.0. The van der Waals surface area contributed by atoms with Crippen LogP contribution >= 0.6 is 0 Å². The van der Waals surface area contributed by atoms with Crippen molar-refractivity contribution < 1.29 is 4.79 Å². The van der Waals surface area contributed by atoms with Crippen molar-refractivity contribution in [2.75, 3.05) is 13.1 Å². The first kappa shape index (κ1) is 13.8. The van der Waals surface area contributed by atoms with E-state index in [4.69, 9.17) is 0 Å². The van der Waals surface area contributed by atoms with Crippen LogP contribution in [0.1, 0.15) is 43.5 Å². The largest absolute Gasteiger partial charge is 0.339 e. The summed E-state index contributed by atoms with van der Waals surface area (Å²) in [5, 5.41) is 0. The fourth-order valence-electron chi connectivity index (χ4n) is 2.75. The Hall–Kier alpha value is -1.58. The van der Waals surface area contributed by atoms with Gasteiger partial charge in [0.25, 0.3) is 5.91 Å². The molecule has 1 aromatic heterocycles. The van der Waals surface area contributed by atoms with Crippen LogP contribution in [0.2, 0.25) is 0 Å². The molecule has 2 rings (SSSR count). The second kappa shape index (κ2) is 6.04. The molecule has 0 aliphatic carbocycles. The van der Waals surface area contributed by atoms with Crippen molar-refractivity contribution in [1.82, 2.24) is 9.88 Å². The van der Waals surface area contributed by atoms with Crippen LogP contribution in [-0.4, -0.2) is 28.9 Å². The van der Waals surface area contributed by atoms with Gasteiger partial charge in [-0.1, -0.05) is 13.8 Å². The SMILES string of the molecule is CC(C)C1CCCN(C(=O)c2cc[nH]c(=O)c2)CC1. The van der Waals surface area contributed by atoms with Crippen molar-refractivity contribution in [3.63, 3.8) is 0 Å². The lowest BCUT2D eigenvalue weighted by Gasteiger charge is -2.21. The summed E-state index contributed by atoms with van der Waals surface area (Å²) in [5.74, 6) is 1.36. The lowest BCUT2D eigenvalue weighted by molar-refractivity contribution is 0.0758. The van der Waals surface area contributed by atoms with Crippen molar-refractivity contribution in [3.8, 4) is 0 Å². The molecule has 1 fully saturated rings. The minimum absolute atomic E-state index is 0.0180. The summed E-state index contributed by atoms with van der Waals surface area (Å²) < 4.78 is 0. The van der Waals surface area contributed by atoms with E-state index >= 15 is 0 Å². The fourth-order valence-corrected chi connectivity index (χ4v) is 2.75. The van der Waals surface area contributed by atoms with E-state index < -0.39 is 0 Å². The van der Waals surface area contributed by atoms with Gasteiger partial charge in [-0.05, 0) is 37.2 Å². The van der Waals surface area contributed by atoms with Crippen LogP contribution < -0.4 is 5.56 Å². The topological polar surface area (TPSA) is 53.2 Å². The number of amides is 1. The molecule has 0 aromatic carbocycles. The van der Waals surface area contributed by atoms with E-state index in [0.29, 0.717) is 17.4 Å². The third kappa shape index (κ3) is 3.46. The van der Waals surface area contributed by atoms with E-state index in [1.165, 1.54) is 18.7 Å². The summed E-state index contributed by atoms with van der Waals surface area (Å²) in [6.07, 6.45) is 4.84. The minimum atomic E-state index is -0.222. The number of hydrogen-bond donors (Lipinski definition) is 1. The molecule has 4 heteroatoms. The second-order valence-corrected chi connectivity index (χ2v) is 5.67. The highest BCUT2D eigenvalue weighted by atomic mass is 16.2. The number of rotatable bonds is 2. The van der Waals surface area contributed by atoms with Crippen molar-refractivity contribution in [1.29, 1.82) is 0 Å². The van der Waals surface area contributed by atoms with Crippen LogP contribution in [0.5, 0.6) is 0 Å². The highest BCUT2D eigenvalue weighted by Gasteiger charge is 2.23. The zero-order valence-electron chi connectivity index (χ0n) is 11.7. The summed E-state index contributed by atoms with van der Waals surface area (Å²) in [5.41, 5.74) is 0.271. The van der Waals surface area contributed by atoms with Crippen molar-refractivity contribution in [2.24, 2.45) is 11.8 Å². The number of aromatic amines is 1. The van der Waals surface area contributed by atoms with Crippen LogP contribution in [0.15, 0.2) is 23.1 Å². The van der Waals surface area contributed by atoms with Gasteiger partial charge in [0.05, 0.1) is 0 Å². The molecular formula is C15H22N2O2. The van der Waals surface area contributed by atoms with Crippen LogP contribution in [0, 0.1) is 11.8 Å². The molecule has 104 valence electrons. The Morgan fingerprint density at radius 2 is 2.16 bits per heavy atom. The molecule has 19 heavy (non-hydrogen) atoms. The molecule has 4 nitrogen and oxygen atoms in total. The number of pyridine rings is 1. The van der Waals surface area contributed by atoms with Gasteiger partial charge in [0.1, 0.15) is 0 Å². The van der Waals surface area contributed by atoms with Gasteiger partial charge in [0, 0.05) is 30.9 Å². The number of nitrogens with zero attached hydrogens (tertiary/aromatic N) is 1. The van der Waals surface area contributed by atoms with Crippen LogP contribution in [0.25, 0.3) is 0 Å². The predicted octanol–water partition coefficient (Wildman–Crippen LogP) is 2.27. The maximum absolute atomic E-state index is 12.4. The highest BCUT2D eigenvalue weighted by molar-refractivity contribution is 5.94. The number of carbonyl (C=O) groups is 1. The average molecular weight is 262 g/mol. The first-order valence-corrected chi connectivity index (χ1v) is 7.06. The number of nitrogens with one attached hydrogen (secondary N) is 1. The molecule has 1 atom stereocenters. The van der Waals surface area contributed by atoms with E-state index in [1.54, 1.807) is 6.07 Å². The highest BCUT2D eigenvalue weighted by Crippen LogP contribution is 2.25. The maximum Gasteiger partial charge on any atom is 0.254 e. The Balaban J connectivity index is 2.06. The minimum Gasteiger partial charge on any atom is -0.339 e. The van der Waals surface area contributed by atoms with E-state index in [0.717, 1.165) is 25.9 Å². The molecular weight excluding hydrogens is 240 g/mol. The van der Waals surface area contributed by atoms with Gasteiger partial charge in [0.2, 0.25) is 5.56 Å². The molecule has 2 heterocycles. The van der Waals surface area contributed by atoms with Crippen molar-refractivity contribution >= 4 is 5.91 Å². The molecule has 0 saturated carbocycles. The van der Waals surface area contributed by atoms with E-state index in [1.807, 2.05) is 4.90 Å². The zero-order chi connectivity index (χ0) is 13.8. The average Bonchev–Trinajstić information content (AvgIpc) is 2.63. The summed E-state index contributed by atoms with van der Waals surface area (Å²) >= 11 is 0. The molecule has 1 aliphatic rings. The van der Waals surface area contributed by atoms with Gasteiger partial charge < -0.3 is 9.88 Å². The third-order valence-electron chi connectivity index (χ3n) is 4.02. The first-order chi connectivity index (χ1) is 9.08. The molecule has 0 bridgehead atoms. The number of hydrogen-bond acceptors (Lipinski definition) is 2. The monoisotopic (exact) mass is 262 g/mol. The van der Waals surface area contributed by atoms with Gasteiger partial charge in [-0.2, -0.15) is 0 Å². The second-order valence-electron chi connectivity index (χ2n) is 5.67. The Morgan fingerprint density at radius 3 is 2.84 bits per heavy atom. The Bertz CT molecular complexity index is 493. The molecule has 0 radical (unpaired) electrons. The number of carbonyl (C=O) groups excluding carboxylic acids is 1. The first-order valence-electron chi connectivity index (χ1n) is 7.06. The molecule has 1 saturated heterocycles. The van der Waals surface area contributed by atoms with Gasteiger partial charge in [-0.25, -0.2) is 0 Å². The summed E-state index contributed by atoms with van der Waals surface area (Å²) in [6.45, 7) is 6.10. The number of H-pyrrole nitrogens is 1. The number of likely N-dealkylation sites (tertiary alicyclic amines) is 1. The van der Waals surface area contributed by atoms with Gasteiger partial charge in [-0.3, -0.25) is 9.59 Å². The van der Waals surface area contributed by atoms with Gasteiger partial charge in [-0.15, -0.1) is 0 Å². The van der Waals surface area contributed by atoms with Gasteiger partial charge in [0.15, 0.2) is 0 Å². The Labute approximate surface area is 113 Å². The maximum atomic E-state index is 12.4. The van der Waals surface area contributed by atoms with Gasteiger partial charge >= 0.3 is 0 Å². The van der Waals surface area contributed by atoms with Crippen LogP contribution in [0.4, 0.5) is 0 Å². The third-order valence-corrected chi connectivity index (χ3v) is 4.02. The van der Waals surface area contributed by atoms with E-state index in [9.17, 15) is 9.59 Å². The number of aromatic nitrogens is 1. The van der Waals surface area contributed by atoms with E-state index in [2.05, 4.69) is 18.8 Å². The Morgan fingerprint density at radius 1 is 1.37 bits per heavy atom. The summed E-state index contributed by atoms with van der Waals surface area (Å²) in [7, 11) is 0. The zero-order valence-corrected chi connectivity index (χ0v) is 11.7. The smallest absolute Gasteiger partial charge is 0.254 e. The summed E-state index contributed by atoms with van der Waals surface area (Å²) in [6, 6.07) is 3.06. The molecule has 1 amide bonds. The lowest BCUT2D eigenvalue weighted by atomic mass is 9.89. The molecule has 1 aliphatic heterocycles. The molecule has 1 aromatic rings. The fraction of sp³-hybridized carbons (Fsp3) is 0.600. The lowest BCUT2D eigenvalue weighted by Crippen LogP contribution is -2.32. The molecule has 1 N–H and O–H groups in total. The normalized spacial score (nSPS) is 20.4. The van der Waals surface area contributed by atoms with Crippen LogP contribution in [-0.2, 0) is 0 Å². The quantitative estimate of drug-likeness (QED) is 0.889. The van der Waals surface area contributed by atoms with Crippen molar-refractivity contribution in [3.05, 3.63) is 34.2 Å². The molecule has 0 spiro atoms. The van der Waals surface area contributed by atoms with E-state index in [-0.39, 0.29) is 11.5 Å². The predicted molar refractivity (Wildman–Crippen MR) is 75.1 cm³/mol. The van der Waals surface area contributed by atoms with Crippen molar-refractivity contribution in [2.45, 2.75) is 33.1 Å².